The number of rotatable bonds is 3. The molecular formula is C15H18BrN3O3. The van der Waals surface area contributed by atoms with Gasteiger partial charge < -0.3 is 10.2 Å². The van der Waals surface area contributed by atoms with E-state index in [1.54, 1.807) is 6.07 Å². The molecule has 0 saturated carbocycles. The number of non-ortho nitro benzene ring substituents is 1. The Morgan fingerprint density at radius 1 is 1.36 bits per heavy atom. The van der Waals surface area contributed by atoms with E-state index < -0.39 is 4.92 Å². The Morgan fingerprint density at radius 2 is 2.14 bits per heavy atom. The van der Waals surface area contributed by atoms with E-state index in [0.717, 1.165) is 31.5 Å². The van der Waals surface area contributed by atoms with Gasteiger partial charge in [0.05, 0.1) is 11.3 Å². The largest absolute Gasteiger partial charge is 0.341 e. The van der Waals surface area contributed by atoms with Gasteiger partial charge in [-0.3, -0.25) is 14.9 Å². The molecule has 118 valence electrons. The highest BCUT2D eigenvalue weighted by Crippen LogP contribution is 2.25. The van der Waals surface area contributed by atoms with Crippen molar-refractivity contribution in [1.29, 1.82) is 0 Å². The summed E-state index contributed by atoms with van der Waals surface area (Å²) >= 11 is 3.33. The van der Waals surface area contributed by atoms with Gasteiger partial charge in [-0.2, -0.15) is 0 Å². The number of carbonyl (C=O) groups excluding carboxylic acids is 1. The summed E-state index contributed by atoms with van der Waals surface area (Å²) in [4.78, 5) is 24.7. The average molecular weight is 368 g/mol. The summed E-state index contributed by atoms with van der Waals surface area (Å²) in [6.07, 6.45) is 3.62. The fourth-order valence-corrected chi connectivity index (χ4v) is 3.74. The molecule has 1 amide bonds. The first kappa shape index (κ1) is 15.4. The molecule has 7 heteroatoms. The van der Waals surface area contributed by atoms with Crippen molar-refractivity contribution in [3.8, 4) is 0 Å². The van der Waals surface area contributed by atoms with Gasteiger partial charge in [0.25, 0.3) is 5.69 Å². The van der Waals surface area contributed by atoms with Crippen LogP contribution in [0.4, 0.5) is 5.69 Å². The van der Waals surface area contributed by atoms with Gasteiger partial charge in [-0.15, -0.1) is 0 Å². The molecule has 2 fully saturated rings. The van der Waals surface area contributed by atoms with E-state index in [9.17, 15) is 14.9 Å². The zero-order valence-electron chi connectivity index (χ0n) is 12.1. The molecule has 1 N–H and O–H groups in total. The first-order valence-corrected chi connectivity index (χ1v) is 8.29. The average Bonchev–Trinajstić information content (AvgIpc) is 2.80. The Labute approximate surface area is 137 Å². The molecule has 1 aromatic rings. The van der Waals surface area contributed by atoms with Crippen LogP contribution in [-0.2, 0) is 11.2 Å². The molecule has 0 aromatic heterocycles. The van der Waals surface area contributed by atoms with E-state index in [-0.39, 0.29) is 18.0 Å². The minimum atomic E-state index is -0.437. The molecule has 6 nitrogen and oxygen atoms in total. The lowest BCUT2D eigenvalue weighted by Crippen LogP contribution is -2.39. The number of hydrogen-bond donors (Lipinski definition) is 1. The fourth-order valence-electron chi connectivity index (χ4n) is 3.24. The number of carbonyl (C=O) groups is 1. The van der Waals surface area contributed by atoms with Crippen LogP contribution in [-0.4, -0.2) is 40.9 Å². The molecule has 22 heavy (non-hydrogen) atoms. The smallest absolute Gasteiger partial charge is 0.270 e. The van der Waals surface area contributed by atoms with Gasteiger partial charge in [-0.05, 0) is 24.8 Å². The SMILES string of the molecule is O=C(Cc1ccc([N+](=O)[O-])cc1Br)N1CCC2CCC(C1)N2. The van der Waals surface area contributed by atoms with E-state index in [1.807, 2.05) is 4.90 Å². The first-order chi connectivity index (χ1) is 10.5. The predicted molar refractivity (Wildman–Crippen MR) is 85.6 cm³/mol. The summed E-state index contributed by atoms with van der Waals surface area (Å²) in [6, 6.07) is 5.52. The van der Waals surface area contributed by atoms with Crippen molar-refractivity contribution in [2.45, 2.75) is 37.8 Å². The molecule has 2 heterocycles. The van der Waals surface area contributed by atoms with E-state index in [0.29, 0.717) is 16.6 Å². The van der Waals surface area contributed by atoms with Crippen LogP contribution in [0.1, 0.15) is 24.8 Å². The van der Waals surface area contributed by atoms with E-state index in [4.69, 9.17) is 0 Å². The van der Waals surface area contributed by atoms with Crippen LogP contribution < -0.4 is 5.32 Å². The van der Waals surface area contributed by atoms with Crippen LogP contribution >= 0.6 is 15.9 Å². The molecule has 0 radical (unpaired) electrons. The topological polar surface area (TPSA) is 75.5 Å². The van der Waals surface area contributed by atoms with Crippen molar-refractivity contribution in [2.24, 2.45) is 0 Å². The predicted octanol–water partition coefficient (Wildman–Crippen LogP) is 2.25. The normalized spacial score (nSPS) is 24.1. The second kappa shape index (κ2) is 6.34. The number of likely N-dealkylation sites (tertiary alicyclic amines) is 1. The molecule has 1 aromatic carbocycles. The number of nitro benzene ring substituents is 1. The zero-order valence-corrected chi connectivity index (χ0v) is 13.7. The van der Waals surface area contributed by atoms with Gasteiger partial charge in [0.1, 0.15) is 0 Å². The van der Waals surface area contributed by atoms with Crippen molar-refractivity contribution in [3.05, 3.63) is 38.3 Å². The molecule has 0 aliphatic carbocycles. The van der Waals surface area contributed by atoms with Crippen molar-refractivity contribution in [2.75, 3.05) is 13.1 Å². The van der Waals surface area contributed by atoms with Gasteiger partial charge in [-0.25, -0.2) is 0 Å². The monoisotopic (exact) mass is 367 g/mol. The highest BCUT2D eigenvalue weighted by molar-refractivity contribution is 9.10. The second-order valence-corrected chi connectivity index (χ2v) is 6.83. The van der Waals surface area contributed by atoms with Crippen LogP contribution in [0, 0.1) is 10.1 Å². The highest BCUT2D eigenvalue weighted by Gasteiger charge is 2.31. The standard InChI is InChI=1S/C15H18BrN3O3/c16-14-8-13(19(21)22)4-1-10(14)7-15(20)18-6-5-11-2-3-12(9-18)17-11/h1,4,8,11-12,17H,2-3,5-7,9H2. The Hall–Kier alpha value is -1.47. The van der Waals surface area contributed by atoms with Gasteiger partial charge in [0.2, 0.25) is 5.91 Å². The summed E-state index contributed by atoms with van der Waals surface area (Å²) in [5, 5.41) is 14.3. The summed E-state index contributed by atoms with van der Waals surface area (Å²) < 4.78 is 0.615. The number of nitro groups is 1. The van der Waals surface area contributed by atoms with Crippen LogP contribution in [0.5, 0.6) is 0 Å². The fraction of sp³-hybridized carbons (Fsp3) is 0.533. The molecular weight excluding hydrogens is 350 g/mol. The number of fused-ring (bicyclic) bond motifs is 2. The molecule has 0 spiro atoms. The Kier molecular flexibility index (Phi) is 4.44. The van der Waals surface area contributed by atoms with Gasteiger partial charge in [0, 0.05) is 41.8 Å². The first-order valence-electron chi connectivity index (χ1n) is 7.49. The number of halogens is 1. The maximum absolute atomic E-state index is 12.5. The Morgan fingerprint density at radius 3 is 2.86 bits per heavy atom. The Bertz CT molecular complexity index is 608. The minimum absolute atomic E-state index is 0.0272. The quantitative estimate of drug-likeness (QED) is 0.656. The van der Waals surface area contributed by atoms with Gasteiger partial charge >= 0.3 is 0 Å². The molecule has 3 rings (SSSR count). The van der Waals surface area contributed by atoms with Crippen molar-refractivity contribution in [1.82, 2.24) is 10.2 Å². The number of nitrogens with one attached hydrogen (secondary N) is 1. The van der Waals surface area contributed by atoms with Crippen LogP contribution in [0.2, 0.25) is 0 Å². The summed E-state index contributed by atoms with van der Waals surface area (Å²) in [5.74, 6) is 0.0869. The third-order valence-electron chi connectivity index (χ3n) is 4.47. The minimum Gasteiger partial charge on any atom is -0.341 e. The number of nitrogens with zero attached hydrogens (tertiary/aromatic N) is 2. The Balaban J connectivity index is 1.67. The third-order valence-corrected chi connectivity index (χ3v) is 5.20. The van der Waals surface area contributed by atoms with Gasteiger partial charge in [0.15, 0.2) is 0 Å². The van der Waals surface area contributed by atoms with E-state index in [1.165, 1.54) is 18.6 Å². The third kappa shape index (κ3) is 3.30. The van der Waals surface area contributed by atoms with Crippen molar-refractivity contribution >= 4 is 27.5 Å². The second-order valence-electron chi connectivity index (χ2n) is 5.98. The number of amides is 1. The van der Waals surface area contributed by atoms with Crippen LogP contribution in [0.25, 0.3) is 0 Å². The van der Waals surface area contributed by atoms with Crippen molar-refractivity contribution in [3.63, 3.8) is 0 Å². The molecule has 2 aliphatic heterocycles. The van der Waals surface area contributed by atoms with Crippen LogP contribution in [0.15, 0.2) is 22.7 Å². The zero-order chi connectivity index (χ0) is 15.7. The maximum Gasteiger partial charge on any atom is 0.270 e. The molecule has 2 atom stereocenters. The lowest BCUT2D eigenvalue weighted by molar-refractivity contribution is -0.384. The maximum atomic E-state index is 12.5. The number of benzene rings is 1. The summed E-state index contributed by atoms with van der Waals surface area (Å²) in [7, 11) is 0. The van der Waals surface area contributed by atoms with Gasteiger partial charge in [-0.1, -0.05) is 22.0 Å². The summed E-state index contributed by atoms with van der Waals surface area (Å²) in [6.45, 7) is 1.55. The summed E-state index contributed by atoms with van der Waals surface area (Å²) in [5.41, 5.74) is 0.817. The molecule has 2 unspecified atom stereocenters. The molecule has 2 saturated heterocycles. The molecule has 2 bridgehead atoms. The number of hydrogen-bond acceptors (Lipinski definition) is 4. The van der Waals surface area contributed by atoms with Crippen molar-refractivity contribution < 1.29 is 9.72 Å². The lowest BCUT2D eigenvalue weighted by Gasteiger charge is -2.24. The lowest BCUT2D eigenvalue weighted by atomic mass is 10.1. The van der Waals surface area contributed by atoms with E-state index >= 15 is 0 Å². The molecule has 2 aliphatic rings. The highest BCUT2D eigenvalue weighted by atomic mass is 79.9. The van der Waals surface area contributed by atoms with E-state index in [2.05, 4.69) is 21.2 Å². The van der Waals surface area contributed by atoms with Crippen LogP contribution in [0.3, 0.4) is 0 Å².